The number of hydrogen-bond acceptors (Lipinski definition) is 4. The Balaban J connectivity index is 1.69. The first-order chi connectivity index (χ1) is 9.24. The van der Waals surface area contributed by atoms with Crippen LogP contribution in [0.15, 0.2) is 36.4 Å². The van der Waals surface area contributed by atoms with E-state index in [0.29, 0.717) is 6.61 Å². The predicted molar refractivity (Wildman–Crippen MR) is 76.5 cm³/mol. The summed E-state index contributed by atoms with van der Waals surface area (Å²) in [4.78, 5) is 8.57. The molecule has 1 N–H and O–H groups in total. The molecule has 1 aromatic heterocycles. The first kappa shape index (κ1) is 13.3. The van der Waals surface area contributed by atoms with Gasteiger partial charge in [0.05, 0.1) is 6.61 Å². The van der Waals surface area contributed by atoms with Crippen molar-refractivity contribution < 1.29 is 4.74 Å². The summed E-state index contributed by atoms with van der Waals surface area (Å²) in [6.07, 6.45) is 0.928. The highest BCUT2D eigenvalue weighted by Gasteiger charge is 1.98. The maximum atomic E-state index is 5.62. The monoisotopic (exact) mass is 257 g/mol. The van der Waals surface area contributed by atoms with Crippen LogP contribution < -0.4 is 10.1 Å². The van der Waals surface area contributed by atoms with Gasteiger partial charge in [-0.3, -0.25) is 0 Å². The highest BCUT2D eigenvalue weighted by molar-refractivity contribution is 5.35. The van der Waals surface area contributed by atoms with Crippen LogP contribution in [0.1, 0.15) is 17.9 Å². The van der Waals surface area contributed by atoms with Crippen molar-refractivity contribution in [3.05, 3.63) is 47.9 Å². The lowest BCUT2D eigenvalue weighted by molar-refractivity contribution is 0.315. The molecule has 0 spiro atoms. The lowest BCUT2D eigenvalue weighted by Gasteiger charge is -2.08. The Kier molecular flexibility index (Phi) is 4.72. The predicted octanol–water partition coefficient (Wildman–Crippen LogP) is 2.97. The van der Waals surface area contributed by atoms with Crippen LogP contribution >= 0.6 is 0 Å². The zero-order chi connectivity index (χ0) is 13.5. The van der Waals surface area contributed by atoms with Crippen molar-refractivity contribution in [3.8, 4) is 5.75 Å². The largest absolute Gasteiger partial charge is 0.494 e. The van der Waals surface area contributed by atoms with E-state index in [0.717, 1.165) is 36.1 Å². The fourth-order valence-corrected chi connectivity index (χ4v) is 1.80. The zero-order valence-corrected chi connectivity index (χ0v) is 11.4. The number of rotatable bonds is 6. The summed E-state index contributed by atoms with van der Waals surface area (Å²) < 4.78 is 5.62. The second kappa shape index (κ2) is 6.73. The second-order valence-electron chi connectivity index (χ2n) is 4.38. The van der Waals surface area contributed by atoms with Crippen molar-refractivity contribution in [1.82, 2.24) is 9.97 Å². The first-order valence-electron chi connectivity index (χ1n) is 6.48. The molecule has 0 amide bonds. The molecule has 0 radical (unpaired) electrons. The van der Waals surface area contributed by atoms with Gasteiger partial charge in [0.1, 0.15) is 17.4 Å². The number of aryl methyl sites for hydroxylation is 2. The molecule has 4 heteroatoms. The smallest absolute Gasteiger partial charge is 0.129 e. The Hall–Kier alpha value is -2.10. The minimum absolute atomic E-state index is 0.695. The van der Waals surface area contributed by atoms with E-state index in [-0.39, 0.29) is 0 Å². The number of benzene rings is 1. The topological polar surface area (TPSA) is 47.0 Å². The number of anilines is 1. The number of nitrogens with zero attached hydrogens (tertiary/aromatic N) is 2. The molecule has 19 heavy (non-hydrogen) atoms. The minimum atomic E-state index is 0.695. The SMILES string of the molecule is Cc1cc(NCCCOc2ccccc2)nc(C)n1. The molecule has 0 bridgehead atoms. The van der Waals surface area contributed by atoms with Gasteiger partial charge in [-0.25, -0.2) is 9.97 Å². The van der Waals surface area contributed by atoms with Gasteiger partial charge in [0.15, 0.2) is 0 Å². The summed E-state index contributed by atoms with van der Waals surface area (Å²) in [7, 11) is 0. The molecule has 0 aliphatic rings. The van der Waals surface area contributed by atoms with E-state index in [1.54, 1.807) is 0 Å². The van der Waals surface area contributed by atoms with Crippen LogP contribution in [-0.4, -0.2) is 23.1 Å². The molecule has 1 heterocycles. The maximum absolute atomic E-state index is 5.62. The summed E-state index contributed by atoms with van der Waals surface area (Å²) >= 11 is 0. The Bertz CT molecular complexity index is 494. The molecule has 0 aliphatic carbocycles. The van der Waals surface area contributed by atoms with Gasteiger partial charge in [0.25, 0.3) is 0 Å². The lowest BCUT2D eigenvalue weighted by Crippen LogP contribution is -2.09. The van der Waals surface area contributed by atoms with Crippen LogP contribution in [0.3, 0.4) is 0 Å². The summed E-state index contributed by atoms with van der Waals surface area (Å²) in [5.74, 6) is 2.59. The molecular weight excluding hydrogens is 238 g/mol. The Morgan fingerprint density at radius 2 is 1.89 bits per heavy atom. The van der Waals surface area contributed by atoms with Crippen LogP contribution in [0.2, 0.25) is 0 Å². The van der Waals surface area contributed by atoms with Crippen LogP contribution in [0, 0.1) is 13.8 Å². The van der Waals surface area contributed by atoms with Crippen LogP contribution in [0.25, 0.3) is 0 Å². The molecule has 0 saturated heterocycles. The number of para-hydroxylation sites is 1. The van der Waals surface area contributed by atoms with Crippen molar-refractivity contribution in [2.24, 2.45) is 0 Å². The van der Waals surface area contributed by atoms with Crippen LogP contribution in [0.5, 0.6) is 5.75 Å². The van der Waals surface area contributed by atoms with E-state index < -0.39 is 0 Å². The average molecular weight is 257 g/mol. The molecule has 0 aliphatic heterocycles. The van der Waals surface area contributed by atoms with Gasteiger partial charge in [0, 0.05) is 18.3 Å². The third kappa shape index (κ3) is 4.58. The average Bonchev–Trinajstić information content (AvgIpc) is 2.38. The second-order valence-corrected chi connectivity index (χ2v) is 4.38. The van der Waals surface area contributed by atoms with E-state index in [2.05, 4.69) is 15.3 Å². The first-order valence-corrected chi connectivity index (χ1v) is 6.48. The van der Waals surface area contributed by atoms with Crippen molar-refractivity contribution in [2.45, 2.75) is 20.3 Å². The summed E-state index contributed by atoms with van der Waals surface area (Å²) in [5.41, 5.74) is 0.982. The summed E-state index contributed by atoms with van der Waals surface area (Å²) in [6.45, 7) is 5.40. The quantitative estimate of drug-likeness (QED) is 0.808. The third-order valence-electron chi connectivity index (χ3n) is 2.61. The molecule has 2 aromatic rings. The normalized spacial score (nSPS) is 10.2. The van der Waals surface area contributed by atoms with Gasteiger partial charge in [-0.1, -0.05) is 18.2 Å². The highest BCUT2D eigenvalue weighted by Crippen LogP contribution is 2.09. The van der Waals surface area contributed by atoms with Gasteiger partial charge < -0.3 is 10.1 Å². The summed E-state index contributed by atoms with van der Waals surface area (Å²) in [5, 5.41) is 3.28. The molecule has 4 nitrogen and oxygen atoms in total. The van der Waals surface area contributed by atoms with Crippen molar-refractivity contribution in [1.29, 1.82) is 0 Å². The van der Waals surface area contributed by atoms with Gasteiger partial charge in [-0.15, -0.1) is 0 Å². The fraction of sp³-hybridized carbons (Fsp3) is 0.333. The summed E-state index contributed by atoms with van der Waals surface area (Å²) in [6, 6.07) is 11.8. The number of nitrogens with one attached hydrogen (secondary N) is 1. The van der Waals surface area contributed by atoms with E-state index >= 15 is 0 Å². The van der Waals surface area contributed by atoms with Gasteiger partial charge >= 0.3 is 0 Å². The van der Waals surface area contributed by atoms with Gasteiger partial charge in [-0.2, -0.15) is 0 Å². The molecule has 0 fully saturated rings. The van der Waals surface area contributed by atoms with Crippen LogP contribution in [-0.2, 0) is 0 Å². The Labute approximate surface area is 113 Å². The standard InChI is InChI=1S/C15H19N3O/c1-12-11-15(18-13(2)17-12)16-9-6-10-19-14-7-4-3-5-8-14/h3-5,7-8,11H,6,9-10H2,1-2H3,(H,16,17,18). The van der Waals surface area contributed by atoms with Crippen molar-refractivity contribution in [3.63, 3.8) is 0 Å². The molecule has 0 unspecified atom stereocenters. The molecule has 100 valence electrons. The third-order valence-corrected chi connectivity index (χ3v) is 2.61. The number of ether oxygens (including phenoxy) is 1. The number of hydrogen-bond donors (Lipinski definition) is 1. The van der Waals surface area contributed by atoms with Crippen molar-refractivity contribution >= 4 is 5.82 Å². The number of aromatic nitrogens is 2. The van der Waals surface area contributed by atoms with Gasteiger partial charge in [0.2, 0.25) is 0 Å². The minimum Gasteiger partial charge on any atom is -0.494 e. The van der Waals surface area contributed by atoms with Gasteiger partial charge in [-0.05, 0) is 32.4 Å². The fourth-order valence-electron chi connectivity index (χ4n) is 1.80. The van der Waals surface area contributed by atoms with E-state index in [4.69, 9.17) is 4.74 Å². The Morgan fingerprint density at radius 3 is 2.63 bits per heavy atom. The maximum Gasteiger partial charge on any atom is 0.129 e. The zero-order valence-electron chi connectivity index (χ0n) is 11.4. The molecule has 2 rings (SSSR count). The van der Waals surface area contributed by atoms with E-state index in [1.165, 1.54) is 0 Å². The molecular formula is C15H19N3O. The van der Waals surface area contributed by atoms with Crippen molar-refractivity contribution in [2.75, 3.05) is 18.5 Å². The van der Waals surface area contributed by atoms with E-state index in [9.17, 15) is 0 Å². The lowest BCUT2D eigenvalue weighted by atomic mass is 10.3. The molecule has 1 aromatic carbocycles. The molecule has 0 atom stereocenters. The Morgan fingerprint density at radius 1 is 1.11 bits per heavy atom. The highest BCUT2D eigenvalue weighted by atomic mass is 16.5. The molecule has 0 saturated carbocycles. The van der Waals surface area contributed by atoms with Crippen LogP contribution in [0.4, 0.5) is 5.82 Å². The van der Waals surface area contributed by atoms with E-state index in [1.807, 2.05) is 50.2 Å².